The average molecular weight is 340 g/mol. The highest BCUT2D eigenvalue weighted by Crippen LogP contribution is 2.71. The Balaban J connectivity index is 1.76. The number of alkyl halides is 3. The Morgan fingerprint density at radius 3 is 2.14 bits per heavy atom. The number of sulfone groups is 1. The van der Waals surface area contributed by atoms with Crippen molar-refractivity contribution in [2.24, 2.45) is 5.92 Å². The summed E-state index contributed by atoms with van der Waals surface area (Å²) in [4.78, 5) is 11.0. The smallest absolute Gasteiger partial charge is 0.229 e. The summed E-state index contributed by atoms with van der Waals surface area (Å²) in [6.07, 6.45) is 5.32. The predicted octanol–water partition coefficient (Wildman–Crippen LogP) is 3.27. The molecule has 1 heterocycles. The van der Waals surface area contributed by atoms with Crippen molar-refractivity contribution in [3.05, 3.63) is 0 Å². The van der Waals surface area contributed by atoms with E-state index < -0.39 is 31.3 Å². The van der Waals surface area contributed by atoms with E-state index in [1.807, 2.05) is 0 Å². The van der Waals surface area contributed by atoms with Crippen LogP contribution in [0.2, 0.25) is 0 Å². The summed E-state index contributed by atoms with van der Waals surface area (Å²) in [7, 11) is -5.26. The summed E-state index contributed by atoms with van der Waals surface area (Å²) in [5, 5.41) is 0. The summed E-state index contributed by atoms with van der Waals surface area (Å²) in [6.45, 7) is 0. The van der Waals surface area contributed by atoms with Gasteiger partial charge in [-0.15, -0.1) is 0 Å². The van der Waals surface area contributed by atoms with Crippen LogP contribution in [0.15, 0.2) is 0 Å². The molecule has 22 heavy (non-hydrogen) atoms. The number of hydrogen-bond acceptors (Lipinski definition) is 4. The Morgan fingerprint density at radius 2 is 1.59 bits per heavy atom. The molecule has 3 aliphatic carbocycles. The van der Waals surface area contributed by atoms with Crippen molar-refractivity contribution in [2.45, 2.75) is 79.2 Å². The number of fused-ring (bicyclic) bond motifs is 1. The van der Waals surface area contributed by atoms with Crippen molar-refractivity contribution in [1.29, 1.82) is 0 Å². The molecule has 4 nitrogen and oxygen atoms in total. The molecule has 126 valence electrons. The highest BCUT2D eigenvalue weighted by atomic mass is 32.2. The second-order valence-corrected chi connectivity index (χ2v) is 9.47. The van der Waals surface area contributed by atoms with Crippen molar-refractivity contribution in [3.8, 4) is 0 Å². The van der Waals surface area contributed by atoms with Crippen LogP contribution in [0.5, 0.6) is 0 Å². The van der Waals surface area contributed by atoms with E-state index in [-0.39, 0.29) is 18.8 Å². The first-order valence-corrected chi connectivity index (χ1v) is 9.37. The van der Waals surface area contributed by atoms with Crippen molar-refractivity contribution < 1.29 is 31.4 Å². The zero-order valence-electron chi connectivity index (χ0n) is 12.1. The van der Waals surface area contributed by atoms with Gasteiger partial charge in [-0.3, -0.25) is 0 Å². The first kappa shape index (κ1) is 15.2. The maximum atomic E-state index is 13.1. The van der Waals surface area contributed by atoms with E-state index in [0.29, 0.717) is 12.8 Å². The van der Waals surface area contributed by atoms with Gasteiger partial charge in [0.2, 0.25) is 0 Å². The van der Waals surface area contributed by atoms with Crippen LogP contribution < -0.4 is 0 Å². The van der Waals surface area contributed by atoms with Crippen LogP contribution in [0.25, 0.3) is 0 Å². The molecule has 0 radical (unpaired) electrons. The summed E-state index contributed by atoms with van der Waals surface area (Å²) < 4.78 is 62.0. The third-order valence-corrected chi connectivity index (χ3v) is 8.97. The molecule has 0 N–H and O–H groups in total. The monoisotopic (exact) mass is 340 g/mol. The molecule has 0 aromatic rings. The van der Waals surface area contributed by atoms with Gasteiger partial charge in [0.15, 0.2) is 0 Å². The minimum Gasteiger partial charge on any atom is -0.229 e. The van der Waals surface area contributed by atoms with Crippen LogP contribution in [-0.2, 0) is 19.6 Å². The van der Waals surface area contributed by atoms with Gasteiger partial charge in [-0.05, 0) is 38.5 Å². The average Bonchev–Trinajstić information content (AvgIpc) is 2.86. The van der Waals surface area contributed by atoms with E-state index in [0.717, 1.165) is 32.1 Å². The molecular formula is C14H19F3O4S. The van der Waals surface area contributed by atoms with Crippen molar-refractivity contribution >= 4 is 9.84 Å². The van der Waals surface area contributed by atoms with Gasteiger partial charge >= 0.3 is 5.51 Å². The lowest BCUT2D eigenvalue weighted by atomic mass is 9.61. The number of halogens is 3. The molecule has 1 aliphatic heterocycles. The van der Waals surface area contributed by atoms with E-state index in [1.54, 1.807) is 0 Å². The minimum atomic E-state index is -5.26. The number of hydrogen-bond donors (Lipinski definition) is 0. The predicted molar refractivity (Wildman–Crippen MR) is 70.4 cm³/mol. The molecule has 2 unspecified atom stereocenters. The SMILES string of the molecule is O=S(=O)(C(F)(F)F)[C@]12CCC3C4(CCCCC4)OOC31CC2. The van der Waals surface area contributed by atoms with Gasteiger partial charge < -0.3 is 0 Å². The number of rotatable bonds is 1. The molecule has 3 saturated carbocycles. The quantitative estimate of drug-likeness (QED) is 0.688. The van der Waals surface area contributed by atoms with Gasteiger partial charge in [-0.25, -0.2) is 18.2 Å². The molecule has 4 aliphatic rings. The Kier molecular flexibility index (Phi) is 2.89. The molecule has 3 atom stereocenters. The van der Waals surface area contributed by atoms with Crippen molar-refractivity contribution in [1.82, 2.24) is 0 Å². The largest absolute Gasteiger partial charge is 0.498 e. The topological polar surface area (TPSA) is 52.6 Å². The van der Waals surface area contributed by atoms with Gasteiger partial charge in [0.05, 0.1) is 0 Å². The lowest BCUT2D eigenvalue weighted by molar-refractivity contribution is -0.372. The van der Waals surface area contributed by atoms with Crippen LogP contribution in [0.1, 0.15) is 57.8 Å². The Bertz CT molecular complexity index is 596. The van der Waals surface area contributed by atoms with E-state index in [1.165, 1.54) is 0 Å². The van der Waals surface area contributed by atoms with Gasteiger partial charge in [-0.2, -0.15) is 13.2 Å². The van der Waals surface area contributed by atoms with Gasteiger partial charge in [0, 0.05) is 5.92 Å². The maximum absolute atomic E-state index is 13.1. The fourth-order valence-electron chi connectivity index (χ4n) is 5.47. The van der Waals surface area contributed by atoms with E-state index in [4.69, 9.17) is 9.78 Å². The van der Waals surface area contributed by atoms with Crippen LogP contribution >= 0.6 is 0 Å². The van der Waals surface area contributed by atoms with E-state index in [2.05, 4.69) is 0 Å². The van der Waals surface area contributed by atoms with Crippen LogP contribution in [0.3, 0.4) is 0 Å². The van der Waals surface area contributed by atoms with Crippen molar-refractivity contribution in [3.63, 3.8) is 0 Å². The molecule has 2 spiro atoms. The summed E-state index contributed by atoms with van der Waals surface area (Å²) in [5.41, 5.74) is -7.08. The zero-order valence-corrected chi connectivity index (χ0v) is 12.9. The molecule has 0 amide bonds. The Hall–Kier alpha value is -0.340. The lowest BCUT2D eigenvalue weighted by Gasteiger charge is -2.52. The summed E-state index contributed by atoms with van der Waals surface area (Å²) in [5.74, 6) is -0.230. The molecule has 4 rings (SSSR count). The summed E-state index contributed by atoms with van der Waals surface area (Å²) >= 11 is 0. The van der Waals surface area contributed by atoms with Gasteiger partial charge in [0.1, 0.15) is 15.9 Å². The lowest BCUT2D eigenvalue weighted by Crippen LogP contribution is -2.68. The first-order chi connectivity index (χ1) is 10.2. The highest BCUT2D eigenvalue weighted by molar-refractivity contribution is 7.93. The minimum absolute atomic E-state index is 0.0186. The Labute approximate surface area is 127 Å². The second-order valence-electron chi connectivity index (χ2n) is 7.22. The van der Waals surface area contributed by atoms with Gasteiger partial charge in [0.25, 0.3) is 9.84 Å². The molecule has 4 fully saturated rings. The normalized spacial score (nSPS) is 43.7. The molecule has 0 aromatic heterocycles. The summed E-state index contributed by atoms with van der Waals surface area (Å²) in [6, 6.07) is 0. The molecule has 0 bridgehead atoms. The maximum Gasteiger partial charge on any atom is 0.498 e. The third-order valence-electron chi connectivity index (χ3n) is 6.58. The van der Waals surface area contributed by atoms with Crippen LogP contribution in [-0.4, -0.2) is 29.9 Å². The molecular weight excluding hydrogens is 321 g/mol. The molecule has 0 aromatic carbocycles. The fourth-order valence-corrected chi connectivity index (χ4v) is 7.40. The zero-order chi connectivity index (χ0) is 15.9. The fraction of sp³-hybridized carbons (Fsp3) is 1.00. The molecule has 1 saturated heterocycles. The van der Waals surface area contributed by atoms with Crippen molar-refractivity contribution in [2.75, 3.05) is 0 Å². The van der Waals surface area contributed by atoms with Gasteiger partial charge in [-0.1, -0.05) is 19.3 Å². The Morgan fingerprint density at radius 1 is 0.909 bits per heavy atom. The second kappa shape index (κ2) is 4.19. The molecule has 8 heteroatoms. The third kappa shape index (κ3) is 1.45. The van der Waals surface area contributed by atoms with E-state index in [9.17, 15) is 21.6 Å². The van der Waals surface area contributed by atoms with Crippen LogP contribution in [0, 0.1) is 5.92 Å². The first-order valence-electron chi connectivity index (χ1n) is 7.89. The van der Waals surface area contributed by atoms with Crippen LogP contribution in [0.4, 0.5) is 13.2 Å². The highest BCUT2D eigenvalue weighted by Gasteiger charge is 2.83. The standard InChI is InChI=1S/C14H19F3O4S/c15-14(16,17)22(18,19)12-7-4-10-11(5-2-1-3-6-11)20-21-13(10,12)9-8-12/h10H,1-9H2/t10?,12-,13?/m0/s1. The van der Waals surface area contributed by atoms with E-state index >= 15 is 0 Å².